The molecule has 120 valence electrons. The molecule has 1 N–H and O–H groups in total. The summed E-state index contributed by atoms with van der Waals surface area (Å²) in [5.74, 6) is -2.19. The molecule has 0 unspecified atom stereocenters. The zero-order valence-electron chi connectivity index (χ0n) is 12.9. The van der Waals surface area contributed by atoms with Gasteiger partial charge in [-0.3, -0.25) is 4.90 Å². The lowest BCUT2D eigenvalue weighted by atomic mass is 9.91. The number of likely N-dealkylation sites (tertiary alicyclic amines) is 1. The largest absolute Gasteiger partial charge is 0.480 e. The maximum Gasteiger partial charge on any atom is 0.411 e. The van der Waals surface area contributed by atoms with E-state index in [1.165, 1.54) is 11.0 Å². The smallest absolute Gasteiger partial charge is 0.411 e. The lowest BCUT2D eigenvalue weighted by Crippen LogP contribution is -2.45. The van der Waals surface area contributed by atoms with E-state index in [9.17, 15) is 19.1 Å². The number of benzene rings is 1. The zero-order chi connectivity index (χ0) is 16.5. The van der Waals surface area contributed by atoms with Crippen molar-refractivity contribution in [2.24, 2.45) is 0 Å². The van der Waals surface area contributed by atoms with Crippen LogP contribution in [0.3, 0.4) is 0 Å². The highest BCUT2D eigenvalue weighted by atomic mass is 19.1. The maximum atomic E-state index is 13.9. The summed E-state index contributed by atoms with van der Waals surface area (Å²) in [7, 11) is 0. The molecule has 6 heteroatoms. The molecule has 0 bridgehead atoms. The number of carbonyl (C=O) groups excluding carboxylic acids is 1. The van der Waals surface area contributed by atoms with Crippen molar-refractivity contribution in [1.29, 1.82) is 0 Å². The van der Waals surface area contributed by atoms with E-state index >= 15 is 0 Å². The third-order valence-corrected chi connectivity index (χ3v) is 3.58. The fraction of sp³-hybridized carbons (Fsp3) is 0.500. The highest BCUT2D eigenvalue weighted by Gasteiger charge is 2.44. The van der Waals surface area contributed by atoms with Gasteiger partial charge in [-0.15, -0.1) is 0 Å². The summed E-state index contributed by atoms with van der Waals surface area (Å²) >= 11 is 0. The van der Waals surface area contributed by atoms with Gasteiger partial charge in [0.05, 0.1) is 0 Å². The van der Waals surface area contributed by atoms with Gasteiger partial charge in [0.25, 0.3) is 0 Å². The summed E-state index contributed by atoms with van der Waals surface area (Å²) in [6, 6.07) is 4.95. The lowest BCUT2D eigenvalue weighted by Gasteiger charge is -2.28. The quantitative estimate of drug-likeness (QED) is 0.912. The van der Waals surface area contributed by atoms with E-state index in [0.29, 0.717) is 12.0 Å². The predicted molar refractivity (Wildman–Crippen MR) is 78.1 cm³/mol. The summed E-state index contributed by atoms with van der Waals surface area (Å²) < 4.78 is 19.2. The Bertz CT molecular complexity index is 582. The standard InChI is InChI=1S/C16H20FNO4/c1-16(2,3)22-15(21)18-9-8-11(13(18)14(19)20)10-6-4-5-7-12(10)17/h4-7,11,13H,8-9H2,1-3H3,(H,19,20)/t11-,13+/m1/s1. The van der Waals surface area contributed by atoms with Crippen molar-refractivity contribution in [3.63, 3.8) is 0 Å². The Morgan fingerprint density at radius 3 is 2.50 bits per heavy atom. The minimum Gasteiger partial charge on any atom is -0.480 e. The second kappa shape index (κ2) is 5.94. The molecule has 0 aromatic heterocycles. The molecule has 0 radical (unpaired) electrons. The first kappa shape index (κ1) is 16.3. The van der Waals surface area contributed by atoms with Gasteiger partial charge in [-0.2, -0.15) is 0 Å². The van der Waals surface area contributed by atoms with E-state index in [4.69, 9.17) is 4.74 Å². The molecule has 5 nitrogen and oxygen atoms in total. The fourth-order valence-corrected chi connectivity index (χ4v) is 2.72. The molecule has 1 fully saturated rings. The van der Waals surface area contributed by atoms with Crippen LogP contribution in [0.1, 0.15) is 38.7 Å². The van der Waals surface area contributed by atoms with Gasteiger partial charge in [0, 0.05) is 12.5 Å². The SMILES string of the molecule is CC(C)(C)OC(=O)N1CC[C@H](c2ccccc2F)[C@H]1C(=O)O. The van der Waals surface area contributed by atoms with Gasteiger partial charge in [0.15, 0.2) is 0 Å². The number of amides is 1. The van der Waals surface area contributed by atoms with Crippen LogP contribution in [0.5, 0.6) is 0 Å². The number of carboxylic acid groups (broad SMARTS) is 1. The topological polar surface area (TPSA) is 66.8 Å². The van der Waals surface area contributed by atoms with Crippen LogP contribution in [0.4, 0.5) is 9.18 Å². The van der Waals surface area contributed by atoms with Crippen LogP contribution in [0.2, 0.25) is 0 Å². The summed E-state index contributed by atoms with van der Waals surface area (Å²) in [5.41, 5.74) is -0.392. The van der Waals surface area contributed by atoms with Crippen LogP contribution in [0.25, 0.3) is 0 Å². The fourth-order valence-electron chi connectivity index (χ4n) is 2.72. The first-order chi connectivity index (χ1) is 10.2. The van der Waals surface area contributed by atoms with Crippen molar-refractivity contribution in [3.8, 4) is 0 Å². The van der Waals surface area contributed by atoms with Crippen molar-refractivity contribution < 1.29 is 23.8 Å². The number of ether oxygens (including phenoxy) is 1. The molecule has 1 aliphatic heterocycles. The summed E-state index contributed by atoms with van der Waals surface area (Å²) in [5, 5.41) is 9.48. The summed E-state index contributed by atoms with van der Waals surface area (Å²) in [6.45, 7) is 5.37. The van der Waals surface area contributed by atoms with Gasteiger partial charge in [0.1, 0.15) is 17.5 Å². The van der Waals surface area contributed by atoms with E-state index in [1.54, 1.807) is 39.0 Å². The number of rotatable bonds is 2. The van der Waals surface area contributed by atoms with Gasteiger partial charge >= 0.3 is 12.1 Å². The Hall–Kier alpha value is -2.11. The third-order valence-electron chi connectivity index (χ3n) is 3.58. The molecule has 1 heterocycles. The van der Waals surface area contributed by atoms with Crippen molar-refractivity contribution in [2.75, 3.05) is 6.54 Å². The van der Waals surface area contributed by atoms with Crippen LogP contribution in [0.15, 0.2) is 24.3 Å². The molecule has 2 rings (SSSR count). The molecular formula is C16H20FNO4. The molecule has 0 saturated carbocycles. The number of nitrogens with zero attached hydrogens (tertiary/aromatic N) is 1. The molecule has 1 amide bonds. The number of aliphatic carboxylic acids is 1. The number of carboxylic acids is 1. The molecule has 1 aromatic carbocycles. The van der Waals surface area contributed by atoms with Crippen LogP contribution >= 0.6 is 0 Å². The monoisotopic (exact) mass is 309 g/mol. The number of hydrogen-bond donors (Lipinski definition) is 1. The summed E-state index contributed by atoms with van der Waals surface area (Å²) in [6.07, 6.45) is -0.296. The van der Waals surface area contributed by atoms with Crippen molar-refractivity contribution in [1.82, 2.24) is 4.90 Å². The second-order valence-electron chi connectivity index (χ2n) is 6.37. The van der Waals surface area contributed by atoms with Crippen LogP contribution < -0.4 is 0 Å². The molecule has 1 aliphatic rings. The van der Waals surface area contributed by atoms with Crippen LogP contribution in [0, 0.1) is 5.82 Å². The number of hydrogen-bond acceptors (Lipinski definition) is 3. The van der Waals surface area contributed by atoms with E-state index in [2.05, 4.69) is 0 Å². The van der Waals surface area contributed by atoms with E-state index < -0.39 is 35.4 Å². The molecule has 0 aliphatic carbocycles. The van der Waals surface area contributed by atoms with Gasteiger partial charge in [-0.1, -0.05) is 18.2 Å². The minimum absolute atomic E-state index is 0.227. The molecular weight excluding hydrogens is 289 g/mol. The van der Waals surface area contributed by atoms with Crippen molar-refractivity contribution in [2.45, 2.75) is 44.8 Å². The Kier molecular flexibility index (Phi) is 4.39. The first-order valence-electron chi connectivity index (χ1n) is 7.17. The minimum atomic E-state index is -1.16. The van der Waals surface area contributed by atoms with Gasteiger partial charge in [-0.05, 0) is 38.8 Å². The van der Waals surface area contributed by atoms with E-state index in [0.717, 1.165) is 0 Å². The van der Waals surface area contributed by atoms with Gasteiger partial charge < -0.3 is 9.84 Å². The van der Waals surface area contributed by atoms with Crippen LogP contribution in [-0.4, -0.2) is 40.3 Å². The first-order valence-corrected chi connectivity index (χ1v) is 7.17. The van der Waals surface area contributed by atoms with Gasteiger partial charge in [0.2, 0.25) is 0 Å². The number of halogens is 1. The van der Waals surface area contributed by atoms with Gasteiger partial charge in [-0.25, -0.2) is 14.0 Å². The lowest BCUT2D eigenvalue weighted by molar-refractivity contribution is -0.142. The molecule has 1 aromatic rings. The van der Waals surface area contributed by atoms with E-state index in [-0.39, 0.29) is 6.54 Å². The molecule has 22 heavy (non-hydrogen) atoms. The number of carbonyl (C=O) groups is 2. The molecule has 2 atom stereocenters. The van der Waals surface area contributed by atoms with Crippen molar-refractivity contribution in [3.05, 3.63) is 35.6 Å². The molecule has 1 saturated heterocycles. The Balaban J connectivity index is 2.27. The maximum absolute atomic E-state index is 13.9. The Labute approximate surface area is 128 Å². The highest BCUT2D eigenvalue weighted by Crippen LogP contribution is 2.35. The Morgan fingerprint density at radius 2 is 1.95 bits per heavy atom. The normalized spacial score (nSPS) is 21.7. The third kappa shape index (κ3) is 3.37. The predicted octanol–water partition coefficient (Wildman–Crippen LogP) is 3.00. The zero-order valence-corrected chi connectivity index (χ0v) is 12.9. The van der Waals surface area contributed by atoms with E-state index in [1.807, 2.05) is 0 Å². The highest BCUT2D eigenvalue weighted by molar-refractivity contribution is 5.82. The second-order valence-corrected chi connectivity index (χ2v) is 6.37. The van der Waals surface area contributed by atoms with Crippen molar-refractivity contribution >= 4 is 12.1 Å². The summed E-state index contributed by atoms with van der Waals surface area (Å²) in [4.78, 5) is 25.0. The average Bonchev–Trinajstić information content (AvgIpc) is 2.82. The average molecular weight is 309 g/mol. The molecule has 0 spiro atoms. The van der Waals surface area contributed by atoms with Crippen LogP contribution in [-0.2, 0) is 9.53 Å². The Morgan fingerprint density at radius 1 is 1.32 bits per heavy atom.